The molecule has 0 spiro atoms. The van der Waals surface area contributed by atoms with Crippen LogP contribution in [0.3, 0.4) is 0 Å². The van der Waals surface area contributed by atoms with Crippen LogP contribution < -0.4 is 10.6 Å². The van der Waals surface area contributed by atoms with Gasteiger partial charge in [-0.05, 0) is 46.3 Å². The first kappa shape index (κ1) is 24.2. The van der Waals surface area contributed by atoms with Crippen molar-refractivity contribution in [3.05, 3.63) is 0 Å². The molecule has 6 nitrogen and oxygen atoms in total. The van der Waals surface area contributed by atoms with Crippen molar-refractivity contribution in [2.45, 2.75) is 59.0 Å². The number of rotatable bonds is 13. The average molecular weight is 384 g/mol. The maximum Gasteiger partial charge on any atom is 0.191 e. The molecule has 0 aromatic heterocycles. The van der Waals surface area contributed by atoms with E-state index in [0.717, 1.165) is 51.8 Å². The van der Waals surface area contributed by atoms with E-state index in [-0.39, 0.29) is 6.10 Å². The Labute approximate surface area is 168 Å². The van der Waals surface area contributed by atoms with Crippen molar-refractivity contribution in [3.63, 3.8) is 0 Å². The third kappa shape index (κ3) is 13.0. The van der Waals surface area contributed by atoms with Gasteiger partial charge in [-0.15, -0.1) is 0 Å². The zero-order valence-electron chi connectivity index (χ0n) is 18.6. The summed E-state index contributed by atoms with van der Waals surface area (Å²) >= 11 is 0. The van der Waals surface area contributed by atoms with Gasteiger partial charge in [0.05, 0.1) is 19.3 Å². The molecular weight excluding hydrogens is 338 g/mol. The zero-order valence-corrected chi connectivity index (χ0v) is 18.6. The van der Waals surface area contributed by atoms with E-state index in [1.54, 1.807) is 0 Å². The number of guanidine groups is 1. The second-order valence-corrected chi connectivity index (χ2v) is 8.36. The predicted octanol–water partition coefficient (Wildman–Crippen LogP) is 2.41. The van der Waals surface area contributed by atoms with Crippen molar-refractivity contribution < 1.29 is 4.74 Å². The number of morpholine rings is 1. The van der Waals surface area contributed by atoms with Crippen molar-refractivity contribution in [2.24, 2.45) is 10.9 Å². The van der Waals surface area contributed by atoms with Gasteiger partial charge >= 0.3 is 0 Å². The Morgan fingerprint density at radius 2 is 1.89 bits per heavy atom. The van der Waals surface area contributed by atoms with Gasteiger partial charge in [-0.1, -0.05) is 33.1 Å². The maximum absolute atomic E-state index is 5.91. The second-order valence-electron chi connectivity index (χ2n) is 8.36. The maximum atomic E-state index is 5.91. The number of nitrogens with one attached hydrogen (secondary N) is 2. The third-order valence-corrected chi connectivity index (χ3v) is 4.72. The minimum absolute atomic E-state index is 0.213. The van der Waals surface area contributed by atoms with Crippen LogP contribution in [0.1, 0.15) is 52.9 Å². The molecule has 1 saturated heterocycles. The first-order valence-electron chi connectivity index (χ1n) is 11.0. The lowest BCUT2D eigenvalue weighted by atomic mass is 10.1. The molecule has 6 heteroatoms. The van der Waals surface area contributed by atoms with Crippen LogP contribution in [0, 0.1) is 5.92 Å². The molecule has 0 amide bonds. The molecular formula is C21H45N5O. The molecule has 0 bridgehead atoms. The minimum atomic E-state index is 0.213. The van der Waals surface area contributed by atoms with Crippen LogP contribution in [-0.2, 0) is 4.74 Å². The van der Waals surface area contributed by atoms with Gasteiger partial charge in [-0.3, -0.25) is 9.89 Å². The van der Waals surface area contributed by atoms with Crippen LogP contribution in [0.25, 0.3) is 0 Å². The SMILES string of the molecule is CCNC(=NCC1CN(CC(C)C)CCO1)NCCCCCCCN(C)C. The molecule has 0 aliphatic carbocycles. The summed E-state index contributed by atoms with van der Waals surface area (Å²) in [7, 11) is 4.29. The molecule has 1 atom stereocenters. The largest absolute Gasteiger partial charge is 0.374 e. The zero-order chi connectivity index (χ0) is 19.9. The van der Waals surface area contributed by atoms with Gasteiger partial charge in [0.2, 0.25) is 0 Å². The summed E-state index contributed by atoms with van der Waals surface area (Å²) in [5, 5.41) is 6.83. The van der Waals surface area contributed by atoms with Crippen LogP contribution in [0.5, 0.6) is 0 Å². The van der Waals surface area contributed by atoms with E-state index in [0.29, 0.717) is 5.92 Å². The molecule has 27 heavy (non-hydrogen) atoms. The van der Waals surface area contributed by atoms with Gasteiger partial charge < -0.3 is 20.3 Å². The Morgan fingerprint density at radius 3 is 2.59 bits per heavy atom. The normalized spacial score (nSPS) is 19.1. The van der Waals surface area contributed by atoms with E-state index in [2.05, 4.69) is 55.3 Å². The van der Waals surface area contributed by atoms with Crippen molar-refractivity contribution >= 4 is 5.96 Å². The fourth-order valence-corrected chi connectivity index (χ4v) is 3.40. The fraction of sp³-hybridized carbons (Fsp3) is 0.952. The molecule has 2 N–H and O–H groups in total. The topological polar surface area (TPSA) is 52.1 Å². The van der Waals surface area contributed by atoms with Gasteiger partial charge in [-0.2, -0.15) is 0 Å². The molecule has 160 valence electrons. The lowest BCUT2D eigenvalue weighted by Crippen LogP contribution is -2.46. The van der Waals surface area contributed by atoms with Crippen LogP contribution in [0.4, 0.5) is 0 Å². The minimum Gasteiger partial charge on any atom is -0.374 e. The molecule has 0 aromatic carbocycles. The lowest BCUT2D eigenvalue weighted by molar-refractivity contribution is -0.0261. The Kier molecular flexibility index (Phi) is 13.5. The van der Waals surface area contributed by atoms with Crippen LogP contribution in [-0.4, -0.2) is 88.4 Å². The molecule has 0 aromatic rings. The number of hydrogen-bond donors (Lipinski definition) is 2. The van der Waals surface area contributed by atoms with E-state index in [1.165, 1.54) is 38.6 Å². The van der Waals surface area contributed by atoms with Crippen LogP contribution in [0.2, 0.25) is 0 Å². The summed E-state index contributed by atoms with van der Waals surface area (Å²) in [6.07, 6.45) is 6.66. The molecule has 0 saturated carbocycles. The average Bonchev–Trinajstić information content (AvgIpc) is 2.61. The van der Waals surface area contributed by atoms with Crippen molar-refractivity contribution in [3.8, 4) is 0 Å². The van der Waals surface area contributed by atoms with Crippen LogP contribution in [0.15, 0.2) is 4.99 Å². The Morgan fingerprint density at radius 1 is 1.15 bits per heavy atom. The van der Waals surface area contributed by atoms with E-state index in [1.807, 2.05) is 0 Å². The van der Waals surface area contributed by atoms with E-state index in [4.69, 9.17) is 9.73 Å². The number of ether oxygens (including phenoxy) is 1. The summed E-state index contributed by atoms with van der Waals surface area (Å²) in [5.74, 6) is 1.63. The summed E-state index contributed by atoms with van der Waals surface area (Å²) in [6.45, 7) is 14.5. The Hall–Kier alpha value is -0.850. The highest BCUT2D eigenvalue weighted by Gasteiger charge is 2.20. The Bertz CT molecular complexity index is 387. The highest BCUT2D eigenvalue weighted by Crippen LogP contribution is 2.08. The highest BCUT2D eigenvalue weighted by atomic mass is 16.5. The van der Waals surface area contributed by atoms with E-state index < -0.39 is 0 Å². The summed E-state index contributed by atoms with van der Waals surface area (Å²) in [5.41, 5.74) is 0. The van der Waals surface area contributed by atoms with Crippen molar-refractivity contribution in [1.82, 2.24) is 20.4 Å². The second kappa shape index (κ2) is 15.1. The smallest absolute Gasteiger partial charge is 0.191 e. The monoisotopic (exact) mass is 383 g/mol. The summed E-state index contributed by atoms with van der Waals surface area (Å²) in [6, 6.07) is 0. The molecule has 1 unspecified atom stereocenters. The molecule has 0 radical (unpaired) electrons. The molecule has 1 fully saturated rings. The summed E-state index contributed by atoms with van der Waals surface area (Å²) in [4.78, 5) is 9.52. The quantitative estimate of drug-likeness (QED) is 0.291. The van der Waals surface area contributed by atoms with Gasteiger partial charge in [0, 0.05) is 32.7 Å². The number of unbranched alkanes of at least 4 members (excludes halogenated alkanes) is 4. The predicted molar refractivity (Wildman–Crippen MR) is 117 cm³/mol. The van der Waals surface area contributed by atoms with Crippen molar-refractivity contribution in [1.29, 1.82) is 0 Å². The first-order valence-corrected chi connectivity index (χ1v) is 11.0. The van der Waals surface area contributed by atoms with Gasteiger partial charge in [0.1, 0.15) is 0 Å². The fourth-order valence-electron chi connectivity index (χ4n) is 3.40. The Balaban J connectivity index is 2.21. The van der Waals surface area contributed by atoms with Gasteiger partial charge in [0.15, 0.2) is 5.96 Å². The number of aliphatic imine (C=N–C) groups is 1. The molecule has 1 heterocycles. The lowest BCUT2D eigenvalue weighted by Gasteiger charge is -2.33. The van der Waals surface area contributed by atoms with Crippen molar-refractivity contribution in [2.75, 3.05) is 66.5 Å². The number of hydrogen-bond acceptors (Lipinski definition) is 4. The molecule has 1 aliphatic rings. The molecule has 1 rings (SSSR count). The van der Waals surface area contributed by atoms with Gasteiger partial charge in [0.25, 0.3) is 0 Å². The molecule has 1 aliphatic heterocycles. The van der Waals surface area contributed by atoms with E-state index in [9.17, 15) is 0 Å². The summed E-state index contributed by atoms with van der Waals surface area (Å²) < 4.78 is 5.91. The van der Waals surface area contributed by atoms with Crippen LogP contribution >= 0.6 is 0 Å². The van der Waals surface area contributed by atoms with Gasteiger partial charge in [-0.25, -0.2) is 0 Å². The number of nitrogens with zero attached hydrogens (tertiary/aromatic N) is 3. The van der Waals surface area contributed by atoms with E-state index >= 15 is 0 Å². The third-order valence-electron chi connectivity index (χ3n) is 4.72. The standard InChI is InChI=1S/C21H45N5O/c1-6-22-21(23-12-10-8-7-9-11-13-25(4)5)24-16-20-18-26(14-15-27-20)17-19(2)3/h19-20H,6-18H2,1-5H3,(H2,22,23,24). The first-order chi connectivity index (χ1) is 13.0. The highest BCUT2D eigenvalue weighted by molar-refractivity contribution is 5.79.